The summed E-state index contributed by atoms with van der Waals surface area (Å²) in [6, 6.07) is 11.1. The number of carbonyl (C=O) groups is 3. The Hall–Kier alpha value is -3.00. The lowest BCUT2D eigenvalue weighted by molar-refractivity contribution is -0.120. The number of imide groups is 1. The molecule has 32 heavy (non-hydrogen) atoms. The molecule has 3 aliphatic rings. The van der Waals surface area contributed by atoms with Crippen molar-refractivity contribution in [3.8, 4) is 11.5 Å². The van der Waals surface area contributed by atoms with Crippen molar-refractivity contribution in [1.82, 2.24) is 4.90 Å². The van der Waals surface area contributed by atoms with Crippen LogP contribution in [0.2, 0.25) is 0 Å². The van der Waals surface area contributed by atoms with Gasteiger partial charge in [0.15, 0.2) is 11.5 Å². The van der Waals surface area contributed by atoms with E-state index in [1.165, 1.54) is 0 Å². The summed E-state index contributed by atoms with van der Waals surface area (Å²) in [4.78, 5) is 40.2. The number of nitrogens with zero attached hydrogens (tertiary/aromatic N) is 1. The van der Waals surface area contributed by atoms with Crippen LogP contribution in [0.15, 0.2) is 42.5 Å². The maximum Gasteiger partial charge on any atom is 0.262 e. The molecule has 7 nitrogen and oxygen atoms in total. The van der Waals surface area contributed by atoms with E-state index in [9.17, 15) is 14.4 Å². The fourth-order valence-corrected chi connectivity index (χ4v) is 5.07. The Balaban J connectivity index is 1.36. The van der Waals surface area contributed by atoms with E-state index < -0.39 is 29.6 Å². The molecule has 1 spiro atoms. The fourth-order valence-electron chi connectivity index (χ4n) is 4.61. The normalized spacial score (nSPS) is 18.8. The molecule has 1 atom stereocenters. The molecule has 1 unspecified atom stereocenters. The maximum atomic E-state index is 13.3. The molecule has 1 fully saturated rings. The second kappa shape index (κ2) is 8.16. The molecule has 2 heterocycles. The van der Waals surface area contributed by atoms with Gasteiger partial charge >= 0.3 is 0 Å². The highest BCUT2D eigenvalue weighted by Crippen LogP contribution is 2.47. The smallest absolute Gasteiger partial charge is 0.262 e. The van der Waals surface area contributed by atoms with Gasteiger partial charge in [0.1, 0.15) is 6.04 Å². The first kappa shape index (κ1) is 20.9. The van der Waals surface area contributed by atoms with Crippen LogP contribution in [0.5, 0.6) is 11.5 Å². The van der Waals surface area contributed by atoms with Crippen LogP contribution in [0.3, 0.4) is 0 Å². The molecule has 1 aliphatic carbocycles. The number of fused-ring (bicyclic) bond motifs is 2. The van der Waals surface area contributed by atoms with Crippen LogP contribution >= 0.6 is 11.8 Å². The zero-order chi connectivity index (χ0) is 22.3. The number of amides is 3. The minimum Gasteiger partial charge on any atom is -0.448 e. The Bertz CT molecular complexity index is 1060. The minimum atomic E-state index is -0.901. The summed E-state index contributed by atoms with van der Waals surface area (Å²) in [5.74, 6) is 0.0703. The monoisotopic (exact) mass is 452 g/mol. The van der Waals surface area contributed by atoms with Gasteiger partial charge in [0, 0.05) is 24.6 Å². The summed E-state index contributed by atoms with van der Waals surface area (Å²) in [7, 11) is 0. The number of thioether (sulfide) groups is 1. The average molecular weight is 453 g/mol. The van der Waals surface area contributed by atoms with E-state index >= 15 is 0 Å². The van der Waals surface area contributed by atoms with E-state index in [4.69, 9.17) is 9.47 Å². The number of anilines is 1. The van der Waals surface area contributed by atoms with Gasteiger partial charge in [-0.15, -0.1) is 0 Å². The molecule has 0 aromatic heterocycles. The number of nitrogens with one attached hydrogen (secondary N) is 1. The summed E-state index contributed by atoms with van der Waals surface area (Å²) in [5.41, 5.74) is 1.21. The Morgan fingerprint density at radius 3 is 2.38 bits per heavy atom. The molecular weight excluding hydrogens is 428 g/mol. The number of benzene rings is 2. The highest BCUT2D eigenvalue weighted by atomic mass is 32.2. The second-order valence-electron chi connectivity index (χ2n) is 8.30. The Labute approximate surface area is 190 Å². The van der Waals surface area contributed by atoms with Crippen molar-refractivity contribution in [3.05, 3.63) is 53.6 Å². The molecule has 2 aromatic carbocycles. The van der Waals surface area contributed by atoms with Crippen molar-refractivity contribution in [2.75, 3.05) is 17.3 Å². The largest absolute Gasteiger partial charge is 0.448 e. The molecule has 1 N–H and O–H groups in total. The summed E-state index contributed by atoms with van der Waals surface area (Å²) in [5, 5.41) is 2.87. The van der Waals surface area contributed by atoms with Crippen LogP contribution in [-0.4, -0.2) is 46.5 Å². The average Bonchev–Trinajstić information content (AvgIpc) is 3.46. The van der Waals surface area contributed by atoms with Crippen LogP contribution in [0.4, 0.5) is 5.69 Å². The first-order valence-electron chi connectivity index (χ1n) is 10.8. The summed E-state index contributed by atoms with van der Waals surface area (Å²) in [6.07, 6.45) is 6.11. The van der Waals surface area contributed by atoms with Gasteiger partial charge in [0.25, 0.3) is 17.6 Å². The van der Waals surface area contributed by atoms with Gasteiger partial charge in [0.2, 0.25) is 5.91 Å². The topological polar surface area (TPSA) is 84.9 Å². The van der Waals surface area contributed by atoms with Gasteiger partial charge in [-0.3, -0.25) is 19.3 Å². The number of ether oxygens (including phenoxy) is 2. The Morgan fingerprint density at radius 1 is 1.06 bits per heavy atom. The molecule has 0 radical (unpaired) electrons. The SMILES string of the molecule is CSCCC(C(=O)Nc1ccc2c(c1)OC1(CCCC1)O2)N1C(=O)c2ccccc2C1=O. The first-order chi connectivity index (χ1) is 15.5. The third-order valence-electron chi connectivity index (χ3n) is 6.20. The molecule has 8 heteroatoms. The Morgan fingerprint density at radius 2 is 1.72 bits per heavy atom. The standard InChI is InChI=1S/C24H24N2O5S/c1-32-13-10-18(26-22(28)16-6-2-3-7-17(16)23(26)29)21(27)25-15-8-9-19-20(14-15)31-24(30-19)11-4-5-12-24/h2-3,6-9,14,18H,4-5,10-13H2,1H3,(H,25,27). The molecule has 166 valence electrons. The van der Waals surface area contributed by atoms with Crippen LogP contribution in [-0.2, 0) is 4.79 Å². The minimum absolute atomic E-state index is 0.337. The quantitative estimate of drug-likeness (QED) is 0.665. The van der Waals surface area contributed by atoms with Gasteiger partial charge in [-0.1, -0.05) is 12.1 Å². The van der Waals surface area contributed by atoms with Crippen molar-refractivity contribution in [1.29, 1.82) is 0 Å². The Kier molecular flexibility index (Phi) is 5.33. The van der Waals surface area contributed by atoms with Crippen molar-refractivity contribution >= 4 is 35.2 Å². The second-order valence-corrected chi connectivity index (χ2v) is 9.28. The lowest BCUT2D eigenvalue weighted by Crippen LogP contribution is -2.47. The third-order valence-corrected chi connectivity index (χ3v) is 6.85. The molecule has 1 saturated carbocycles. The van der Waals surface area contributed by atoms with Crippen LogP contribution in [0.1, 0.15) is 52.8 Å². The van der Waals surface area contributed by atoms with Crippen molar-refractivity contribution in [3.63, 3.8) is 0 Å². The number of carbonyl (C=O) groups excluding carboxylic acids is 3. The predicted molar refractivity (Wildman–Crippen MR) is 121 cm³/mol. The lowest BCUT2D eigenvalue weighted by Gasteiger charge is -2.25. The molecule has 5 rings (SSSR count). The van der Waals surface area contributed by atoms with E-state index in [0.29, 0.717) is 40.5 Å². The lowest BCUT2D eigenvalue weighted by atomic mass is 10.1. The highest BCUT2D eigenvalue weighted by Gasteiger charge is 2.45. The van der Waals surface area contributed by atoms with E-state index in [1.54, 1.807) is 54.2 Å². The maximum absolute atomic E-state index is 13.3. The first-order valence-corrected chi connectivity index (χ1v) is 12.2. The van der Waals surface area contributed by atoms with Crippen molar-refractivity contribution < 1.29 is 23.9 Å². The van der Waals surface area contributed by atoms with Crippen LogP contribution < -0.4 is 14.8 Å². The summed E-state index contributed by atoms with van der Waals surface area (Å²) in [6.45, 7) is 0. The van der Waals surface area contributed by atoms with E-state index in [1.807, 2.05) is 6.26 Å². The van der Waals surface area contributed by atoms with Gasteiger partial charge in [-0.05, 0) is 55.5 Å². The molecule has 2 aliphatic heterocycles. The highest BCUT2D eigenvalue weighted by molar-refractivity contribution is 7.98. The van der Waals surface area contributed by atoms with Gasteiger partial charge in [-0.25, -0.2) is 0 Å². The van der Waals surface area contributed by atoms with Gasteiger partial charge < -0.3 is 14.8 Å². The van der Waals surface area contributed by atoms with Crippen molar-refractivity contribution in [2.24, 2.45) is 0 Å². The summed E-state index contributed by atoms with van der Waals surface area (Å²) < 4.78 is 12.1. The zero-order valence-electron chi connectivity index (χ0n) is 17.8. The number of hydrogen-bond donors (Lipinski definition) is 1. The third kappa shape index (κ3) is 3.52. The van der Waals surface area contributed by atoms with E-state index in [2.05, 4.69) is 5.32 Å². The van der Waals surface area contributed by atoms with Gasteiger partial charge in [0.05, 0.1) is 11.1 Å². The van der Waals surface area contributed by atoms with Crippen LogP contribution in [0, 0.1) is 0 Å². The molecule has 0 saturated heterocycles. The summed E-state index contributed by atoms with van der Waals surface area (Å²) >= 11 is 1.56. The molecule has 0 bridgehead atoms. The van der Waals surface area contributed by atoms with Crippen LogP contribution in [0.25, 0.3) is 0 Å². The van der Waals surface area contributed by atoms with Gasteiger partial charge in [-0.2, -0.15) is 11.8 Å². The predicted octanol–water partition coefficient (Wildman–Crippen LogP) is 4.08. The fraction of sp³-hybridized carbons (Fsp3) is 0.375. The number of rotatable bonds is 6. The number of hydrogen-bond acceptors (Lipinski definition) is 6. The van der Waals surface area contributed by atoms with E-state index in [0.717, 1.165) is 30.6 Å². The van der Waals surface area contributed by atoms with Crippen molar-refractivity contribution in [2.45, 2.75) is 43.9 Å². The zero-order valence-corrected chi connectivity index (χ0v) is 18.6. The molecular formula is C24H24N2O5S. The van der Waals surface area contributed by atoms with E-state index in [-0.39, 0.29) is 0 Å². The molecule has 3 amide bonds. The molecule has 2 aromatic rings.